The second-order valence-corrected chi connectivity index (χ2v) is 4.13. The smallest absolute Gasteiger partial charge is 0.320 e. The molecule has 5 N–H and O–H groups in total. The van der Waals surface area contributed by atoms with Crippen molar-refractivity contribution in [3.8, 4) is 0 Å². The SMILES string of the molecule is C1CNCCN1.NC(Cc1ccccc1)C(=O)O. The van der Waals surface area contributed by atoms with Gasteiger partial charge < -0.3 is 21.5 Å². The minimum absolute atomic E-state index is 0.385. The van der Waals surface area contributed by atoms with Crippen LogP contribution in [-0.2, 0) is 11.2 Å². The fraction of sp³-hybridized carbons (Fsp3) is 0.462. The lowest BCUT2D eigenvalue weighted by Crippen LogP contribution is -2.39. The summed E-state index contributed by atoms with van der Waals surface area (Å²) >= 11 is 0. The van der Waals surface area contributed by atoms with Crippen LogP contribution in [0.15, 0.2) is 30.3 Å². The molecule has 1 unspecified atom stereocenters. The molecule has 5 heteroatoms. The van der Waals surface area contributed by atoms with Crippen molar-refractivity contribution in [2.24, 2.45) is 5.73 Å². The van der Waals surface area contributed by atoms with Gasteiger partial charge in [-0.2, -0.15) is 0 Å². The Morgan fingerprint density at radius 1 is 1.17 bits per heavy atom. The summed E-state index contributed by atoms with van der Waals surface area (Å²) in [5.41, 5.74) is 6.30. The minimum atomic E-state index is -0.959. The van der Waals surface area contributed by atoms with Gasteiger partial charge in [-0.15, -0.1) is 0 Å². The molecule has 1 aromatic rings. The van der Waals surface area contributed by atoms with E-state index in [2.05, 4.69) is 10.6 Å². The maximum Gasteiger partial charge on any atom is 0.320 e. The molecular weight excluding hydrogens is 230 g/mol. The van der Waals surface area contributed by atoms with E-state index in [1.807, 2.05) is 30.3 Å². The van der Waals surface area contributed by atoms with E-state index in [-0.39, 0.29) is 0 Å². The minimum Gasteiger partial charge on any atom is -0.480 e. The number of carboxylic acid groups (broad SMARTS) is 1. The third kappa shape index (κ3) is 6.34. The normalized spacial score (nSPS) is 16.3. The molecule has 1 aliphatic heterocycles. The molecule has 1 aliphatic rings. The maximum atomic E-state index is 10.4. The number of nitrogens with one attached hydrogen (secondary N) is 2. The largest absolute Gasteiger partial charge is 0.480 e. The molecule has 0 radical (unpaired) electrons. The molecule has 0 aliphatic carbocycles. The highest BCUT2D eigenvalue weighted by atomic mass is 16.4. The Hall–Kier alpha value is -1.43. The zero-order chi connectivity index (χ0) is 13.2. The van der Waals surface area contributed by atoms with Crippen molar-refractivity contribution in [2.45, 2.75) is 12.5 Å². The Kier molecular flexibility index (Phi) is 7.01. The topological polar surface area (TPSA) is 87.4 Å². The van der Waals surface area contributed by atoms with Crippen LogP contribution in [0.1, 0.15) is 5.56 Å². The average molecular weight is 251 g/mol. The summed E-state index contributed by atoms with van der Waals surface area (Å²) in [6, 6.07) is 8.54. The van der Waals surface area contributed by atoms with Crippen molar-refractivity contribution in [2.75, 3.05) is 26.2 Å². The number of piperazine rings is 1. The summed E-state index contributed by atoms with van der Waals surface area (Å²) in [5.74, 6) is -0.959. The molecule has 1 fully saturated rings. The predicted octanol–water partition coefficient (Wildman–Crippen LogP) is -0.180. The number of nitrogens with two attached hydrogens (primary N) is 1. The highest BCUT2D eigenvalue weighted by molar-refractivity contribution is 5.73. The highest BCUT2D eigenvalue weighted by Crippen LogP contribution is 2.01. The molecule has 100 valence electrons. The van der Waals surface area contributed by atoms with E-state index in [0.717, 1.165) is 31.7 Å². The van der Waals surface area contributed by atoms with E-state index >= 15 is 0 Å². The lowest BCUT2D eigenvalue weighted by Gasteiger charge is -2.11. The van der Waals surface area contributed by atoms with E-state index in [0.29, 0.717) is 6.42 Å². The Morgan fingerprint density at radius 3 is 2.06 bits per heavy atom. The molecule has 1 heterocycles. The quantitative estimate of drug-likeness (QED) is 0.598. The van der Waals surface area contributed by atoms with Crippen LogP contribution in [0, 0.1) is 0 Å². The number of benzene rings is 1. The van der Waals surface area contributed by atoms with Crippen LogP contribution in [0.3, 0.4) is 0 Å². The first-order valence-corrected chi connectivity index (χ1v) is 6.14. The summed E-state index contributed by atoms with van der Waals surface area (Å²) in [6.45, 7) is 4.56. The van der Waals surface area contributed by atoms with Gasteiger partial charge in [-0.05, 0) is 12.0 Å². The summed E-state index contributed by atoms with van der Waals surface area (Å²) < 4.78 is 0. The summed E-state index contributed by atoms with van der Waals surface area (Å²) in [4.78, 5) is 10.4. The molecular formula is C13H21N3O2. The van der Waals surface area contributed by atoms with Crippen LogP contribution < -0.4 is 16.4 Å². The summed E-state index contributed by atoms with van der Waals surface area (Å²) in [6.07, 6.45) is 0.385. The number of rotatable bonds is 3. The number of carboxylic acids is 1. The van der Waals surface area contributed by atoms with Gasteiger partial charge >= 0.3 is 5.97 Å². The van der Waals surface area contributed by atoms with E-state index < -0.39 is 12.0 Å². The summed E-state index contributed by atoms with van der Waals surface area (Å²) in [7, 11) is 0. The Morgan fingerprint density at radius 2 is 1.67 bits per heavy atom. The van der Waals surface area contributed by atoms with Crippen LogP contribution in [0.4, 0.5) is 0 Å². The maximum absolute atomic E-state index is 10.4. The van der Waals surface area contributed by atoms with E-state index in [4.69, 9.17) is 10.8 Å². The van der Waals surface area contributed by atoms with Gasteiger partial charge in [-0.3, -0.25) is 4.79 Å². The van der Waals surface area contributed by atoms with Crippen molar-refractivity contribution in [1.82, 2.24) is 10.6 Å². The molecule has 18 heavy (non-hydrogen) atoms. The van der Waals surface area contributed by atoms with Crippen molar-refractivity contribution >= 4 is 5.97 Å². The zero-order valence-corrected chi connectivity index (χ0v) is 10.4. The Balaban J connectivity index is 0.000000225. The van der Waals surface area contributed by atoms with Crippen molar-refractivity contribution in [3.05, 3.63) is 35.9 Å². The molecule has 1 saturated heterocycles. The Bertz CT molecular complexity index is 328. The predicted molar refractivity (Wildman–Crippen MR) is 71.5 cm³/mol. The third-order valence-corrected chi connectivity index (χ3v) is 2.57. The molecule has 0 amide bonds. The third-order valence-electron chi connectivity index (χ3n) is 2.57. The van der Waals surface area contributed by atoms with Crippen molar-refractivity contribution in [3.63, 3.8) is 0 Å². The van der Waals surface area contributed by atoms with Gasteiger partial charge in [-0.1, -0.05) is 30.3 Å². The van der Waals surface area contributed by atoms with E-state index in [1.54, 1.807) is 0 Å². The average Bonchev–Trinajstić information content (AvgIpc) is 2.42. The first-order chi connectivity index (χ1) is 8.70. The first kappa shape index (κ1) is 14.6. The molecule has 2 rings (SSSR count). The first-order valence-electron chi connectivity index (χ1n) is 6.14. The van der Waals surface area contributed by atoms with Gasteiger partial charge in [0.1, 0.15) is 6.04 Å². The second kappa shape index (κ2) is 8.63. The van der Waals surface area contributed by atoms with Crippen LogP contribution in [0.25, 0.3) is 0 Å². The van der Waals surface area contributed by atoms with Crippen molar-refractivity contribution < 1.29 is 9.90 Å². The highest BCUT2D eigenvalue weighted by Gasteiger charge is 2.10. The van der Waals surface area contributed by atoms with Gasteiger partial charge in [0.2, 0.25) is 0 Å². The van der Waals surface area contributed by atoms with Gasteiger partial charge in [0.15, 0.2) is 0 Å². The molecule has 0 bridgehead atoms. The van der Waals surface area contributed by atoms with Crippen molar-refractivity contribution in [1.29, 1.82) is 0 Å². The van der Waals surface area contributed by atoms with Gasteiger partial charge in [0.25, 0.3) is 0 Å². The zero-order valence-electron chi connectivity index (χ0n) is 10.4. The molecule has 0 spiro atoms. The molecule has 0 aromatic heterocycles. The summed E-state index contributed by atoms with van der Waals surface area (Å²) in [5, 5.41) is 15.0. The lowest BCUT2D eigenvalue weighted by atomic mass is 10.1. The van der Waals surface area contributed by atoms with E-state index in [1.165, 1.54) is 0 Å². The van der Waals surface area contributed by atoms with Crippen LogP contribution in [-0.4, -0.2) is 43.3 Å². The molecule has 0 saturated carbocycles. The van der Waals surface area contributed by atoms with Crippen LogP contribution in [0.2, 0.25) is 0 Å². The number of hydrogen-bond donors (Lipinski definition) is 4. The number of carbonyl (C=O) groups is 1. The van der Waals surface area contributed by atoms with Gasteiger partial charge in [0, 0.05) is 26.2 Å². The van der Waals surface area contributed by atoms with E-state index in [9.17, 15) is 4.79 Å². The van der Waals surface area contributed by atoms with Gasteiger partial charge in [0.05, 0.1) is 0 Å². The fourth-order valence-corrected chi connectivity index (χ4v) is 1.56. The number of hydrogen-bond acceptors (Lipinski definition) is 4. The van der Waals surface area contributed by atoms with Crippen LogP contribution >= 0.6 is 0 Å². The molecule has 5 nitrogen and oxygen atoms in total. The number of aliphatic carboxylic acids is 1. The lowest BCUT2D eigenvalue weighted by molar-refractivity contribution is -0.138. The molecule has 1 aromatic carbocycles. The Labute approximate surface area is 107 Å². The molecule has 1 atom stereocenters. The van der Waals surface area contributed by atoms with Crippen LogP contribution in [0.5, 0.6) is 0 Å². The second-order valence-electron chi connectivity index (χ2n) is 4.13. The monoisotopic (exact) mass is 251 g/mol. The standard InChI is InChI=1S/C9H11NO2.C4H10N2/c10-8(9(11)12)6-7-4-2-1-3-5-7;1-2-6-4-3-5-1/h1-5,8H,6,10H2,(H,11,12);5-6H,1-4H2. The van der Waals surface area contributed by atoms with Gasteiger partial charge in [-0.25, -0.2) is 0 Å². The fourth-order valence-electron chi connectivity index (χ4n) is 1.56.